The predicted octanol–water partition coefficient (Wildman–Crippen LogP) is 2.33. The van der Waals surface area contributed by atoms with Gasteiger partial charge in [-0.25, -0.2) is 4.98 Å². The van der Waals surface area contributed by atoms with Crippen LogP contribution in [0.25, 0.3) is 10.4 Å². The zero-order valence-corrected chi connectivity index (χ0v) is 9.45. The van der Waals surface area contributed by atoms with Gasteiger partial charge in [-0.15, -0.1) is 11.3 Å². The maximum absolute atomic E-state index is 9.21. The van der Waals surface area contributed by atoms with E-state index in [0.29, 0.717) is 12.0 Å². The van der Waals surface area contributed by atoms with Gasteiger partial charge in [-0.05, 0) is 36.2 Å². The van der Waals surface area contributed by atoms with Crippen LogP contribution in [0.3, 0.4) is 0 Å². The van der Waals surface area contributed by atoms with E-state index in [4.69, 9.17) is 5.73 Å². The lowest BCUT2D eigenvalue weighted by Gasteiger charge is -1.96. The summed E-state index contributed by atoms with van der Waals surface area (Å²) in [6.07, 6.45) is 2.94. The lowest BCUT2D eigenvalue weighted by Crippen LogP contribution is -2.00. The maximum atomic E-state index is 9.21. The van der Waals surface area contributed by atoms with Gasteiger partial charge >= 0.3 is 0 Å². The third-order valence-corrected chi connectivity index (χ3v) is 4.01. The Morgan fingerprint density at radius 1 is 1.31 bits per heavy atom. The second-order valence-electron chi connectivity index (χ2n) is 4.12. The summed E-state index contributed by atoms with van der Waals surface area (Å²) in [5, 5.41) is 10.3. The van der Waals surface area contributed by atoms with Gasteiger partial charge in [-0.1, -0.05) is 0 Å². The zero-order valence-electron chi connectivity index (χ0n) is 8.63. The average molecular weight is 232 g/mol. The molecule has 3 nitrogen and oxygen atoms in total. The minimum Gasteiger partial charge on any atom is -0.508 e. The van der Waals surface area contributed by atoms with Crippen molar-refractivity contribution in [1.82, 2.24) is 4.98 Å². The van der Waals surface area contributed by atoms with Crippen molar-refractivity contribution in [2.24, 2.45) is 5.73 Å². The van der Waals surface area contributed by atoms with Crippen LogP contribution in [0.4, 0.5) is 0 Å². The molecule has 3 N–H and O–H groups in total. The van der Waals surface area contributed by atoms with Crippen molar-refractivity contribution in [1.29, 1.82) is 0 Å². The molecule has 1 heterocycles. The first-order valence-electron chi connectivity index (χ1n) is 5.25. The number of nitrogens with two attached hydrogens (primary N) is 1. The fourth-order valence-corrected chi connectivity index (χ4v) is 2.83. The van der Waals surface area contributed by atoms with Crippen molar-refractivity contribution in [3.8, 4) is 16.2 Å². The highest BCUT2D eigenvalue weighted by molar-refractivity contribution is 7.15. The summed E-state index contributed by atoms with van der Waals surface area (Å²) in [6, 6.07) is 7.49. The summed E-state index contributed by atoms with van der Waals surface area (Å²) in [6.45, 7) is 0. The van der Waals surface area contributed by atoms with Crippen LogP contribution in [0.15, 0.2) is 30.5 Å². The van der Waals surface area contributed by atoms with Crippen LogP contribution in [0.5, 0.6) is 5.75 Å². The van der Waals surface area contributed by atoms with Gasteiger partial charge in [-0.3, -0.25) is 0 Å². The van der Waals surface area contributed by atoms with Crippen molar-refractivity contribution < 1.29 is 5.11 Å². The number of phenols is 1. The smallest absolute Gasteiger partial charge is 0.115 e. The highest BCUT2D eigenvalue weighted by Crippen LogP contribution is 2.42. The van der Waals surface area contributed by atoms with Crippen LogP contribution in [0, 0.1) is 0 Å². The van der Waals surface area contributed by atoms with Gasteiger partial charge in [0, 0.05) is 18.2 Å². The third-order valence-electron chi connectivity index (χ3n) is 2.83. The molecule has 0 amide bonds. The molecule has 0 spiro atoms. The largest absolute Gasteiger partial charge is 0.508 e. The lowest BCUT2D eigenvalue weighted by atomic mass is 10.2. The molecule has 1 saturated carbocycles. The number of rotatable bonds is 2. The molecule has 2 atom stereocenters. The summed E-state index contributed by atoms with van der Waals surface area (Å²) in [7, 11) is 0. The van der Waals surface area contributed by atoms with Gasteiger partial charge in [0.15, 0.2) is 0 Å². The number of nitrogens with zero attached hydrogens (tertiary/aromatic N) is 1. The zero-order chi connectivity index (χ0) is 11.1. The fourth-order valence-electron chi connectivity index (χ4n) is 1.72. The molecule has 1 aliphatic rings. The molecule has 0 aliphatic heterocycles. The van der Waals surface area contributed by atoms with Gasteiger partial charge in [-0.2, -0.15) is 0 Å². The first kappa shape index (κ1) is 9.81. The highest BCUT2D eigenvalue weighted by atomic mass is 32.1. The number of aromatic nitrogens is 1. The summed E-state index contributed by atoms with van der Waals surface area (Å²) in [4.78, 5) is 5.54. The molecule has 2 aromatic rings. The van der Waals surface area contributed by atoms with E-state index in [9.17, 15) is 5.11 Å². The van der Waals surface area contributed by atoms with Crippen LogP contribution in [-0.2, 0) is 0 Å². The van der Waals surface area contributed by atoms with Crippen LogP contribution in [-0.4, -0.2) is 16.1 Å². The summed E-state index contributed by atoms with van der Waals surface area (Å²) < 4.78 is 0. The van der Waals surface area contributed by atoms with Crippen molar-refractivity contribution in [2.75, 3.05) is 0 Å². The molecule has 1 aliphatic carbocycles. The Labute approximate surface area is 97.6 Å². The molecule has 16 heavy (non-hydrogen) atoms. The molecular formula is C12H12N2OS. The Morgan fingerprint density at radius 3 is 2.62 bits per heavy atom. The molecule has 1 fully saturated rings. The Balaban J connectivity index is 1.89. The Morgan fingerprint density at radius 2 is 2.00 bits per heavy atom. The Kier molecular flexibility index (Phi) is 2.19. The van der Waals surface area contributed by atoms with Crippen LogP contribution >= 0.6 is 11.3 Å². The number of hydrogen-bond acceptors (Lipinski definition) is 4. The summed E-state index contributed by atoms with van der Waals surface area (Å²) in [5.41, 5.74) is 6.89. The van der Waals surface area contributed by atoms with Crippen LogP contribution in [0.1, 0.15) is 17.3 Å². The molecule has 0 saturated heterocycles. The summed E-state index contributed by atoms with van der Waals surface area (Å²) >= 11 is 1.69. The SMILES string of the molecule is N[C@H]1C[C@@H]1c1ncc(-c2ccc(O)cc2)s1. The van der Waals surface area contributed by atoms with Crippen molar-refractivity contribution >= 4 is 11.3 Å². The van der Waals surface area contributed by atoms with Crippen LogP contribution in [0.2, 0.25) is 0 Å². The highest BCUT2D eigenvalue weighted by Gasteiger charge is 2.37. The van der Waals surface area contributed by atoms with E-state index < -0.39 is 0 Å². The van der Waals surface area contributed by atoms with Gasteiger partial charge in [0.25, 0.3) is 0 Å². The topological polar surface area (TPSA) is 59.1 Å². The second kappa shape index (κ2) is 3.57. The Bertz CT molecular complexity index is 506. The molecule has 3 rings (SSSR count). The standard InChI is InChI=1S/C12H12N2OS/c13-10-5-9(10)12-14-6-11(16-12)7-1-3-8(15)4-2-7/h1-4,6,9-10,15H,5,13H2/t9-,10-/m0/s1. The molecule has 0 bridgehead atoms. The minimum absolute atomic E-state index is 0.290. The number of thiazole rings is 1. The van der Waals surface area contributed by atoms with Gasteiger partial charge in [0.05, 0.1) is 9.88 Å². The van der Waals surface area contributed by atoms with Gasteiger partial charge in [0.2, 0.25) is 0 Å². The molecule has 0 unspecified atom stereocenters. The van der Waals surface area contributed by atoms with E-state index in [1.807, 2.05) is 18.3 Å². The molecule has 1 aromatic heterocycles. The predicted molar refractivity (Wildman–Crippen MR) is 64.5 cm³/mol. The monoisotopic (exact) mass is 232 g/mol. The molecule has 82 valence electrons. The van der Waals surface area contributed by atoms with E-state index in [0.717, 1.165) is 21.9 Å². The maximum Gasteiger partial charge on any atom is 0.115 e. The van der Waals surface area contributed by atoms with Crippen molar-refractivity contribution in [3.05, 3.63) is 35.5 Å². The van der Waals surface area contributed by atoms with E-state index in [1.165, 1.54) is 0 Å². The quantitative estimate of drug-likeness (QED) is 0.835. The first-order valence-corrected chi connectivity index (χ1v) is 6.06. The third kappa shape index (κ3) is 1.70. The molecule has 4 heteroatoms. The number of phenolic OH excluding ortho intramolecular Hbond substituents is 1. The number of aromatic hydroxyl groups is 1. The van der Waals surface area contributed by atoms with Gasteiger partial charge in [0.1, 0.15) is 5.75 Å². The molecular weight excluding hydrogens is 220 g/mol. The number of benzene rings is 1. The normalized spacial score (nSPS) is 23.3. The lowest BCUT2D eigenvalue weighted by molar-refractivity contribution is 0.475. The van der Waals surface area contributed by atoms with E-state index in [-0.39, 0.29) is 5.75 Å². The van der Waals surface area contributed by atoms with E-state index in [1.54, 1.807) is 23.5 Å². The second-order valence-corrected chi connectivity index (χ2v) is 5.18. The van der Waals surface area contributed by atoms with Gasteiger partial charge < -0.3 is 10.8 Å². The molecule has 1 aromatic carbocycles. The first-order chi connectivity index (χ1) is 7.74. The van der Waals surface area contributed by atoms with Crippen LogP contribution < -0.4 is 5.73 Å². The number of hydrogen-bond donors (Lipinski definition) is 2. The minimum atomic E-state index is 0.290. The average Bonchev–Trinajstić information content (AvgIpc) is 2.82. The van der Waals surface area contributed by atoms with E-state index >= 15 is 0 Å². The summed E-state index contributed by atoms with van der Waals surface area (Å²) in [5.74, 6) is 0.758. The molecule has 0 radical (unpaired) electrons. The fraction of sp³-hybridized carbons (Fsp3) is 0.250. The van der Waals surface area contributed by atoms with E-state index in [2.05, 4.69) is 4.98 Å². The van der Waals surface area contributed by atoms with Crippen molar-refractivity contribution in [2.45, 2.75) is 18.4 Å². The van der Waals surface area contributed by atoms with Crippen molar-refractivity contribution in [3.63, 3.8) is 0 Å². The Hall–Kier alpha value is -1.39.